The molecule has 0 radical (unpaired) electrons. The Morgan fingerprint density at radius 1 is 1.26 bits per heavy atom. The van der Waals surface area contributed by atoms with Gasteiger partial charge in [0.1, 0.15) is 12.0 Å². The Labute approximate surface area is 160 Å². The minimum absolute atomic E-state index is 0.157. The molecular weight excluding hydrogens is 344 g/mol. The average Bonchev–Trinajstić information content (AvgIpc) is 2.60. The van der Waals surface area contributed by atoms with Crippen molar-refractivity contribution in [2.75, 3.05) is 30.3 Å². The molecule has 1 aliphatic heterocycles. The van der Waals surface area contributed by atoms with Crippen molar-refractivity contribution in [3.8, 4) is 6.07 Å². The summed E-state index contributed by atoms with van der Waals surface area (Å²) in [6, 6.07) is 9.18. The van der Waals surface area contributed by atoms with E-state index in [0.717, 1.165) is 31.6 Å². The highest BCUT2D eigenvalue weighted by Crippen LogP contribution is 2.21. The molecule has 7 heteroatoms. The van der Waals surface area contributed by atoms with Crippen LogP contribution in [0.5, 0.6) is 0 Å². The molecule has 146 valence electrons. The van der Waals surface area contributed by atoms with E-state index in [0.29, 0.717) is 18.2 Å². The number of benzene rings is 1. The maximum absolute atomic E-state index is 12.2. The molecule has 2 rings (SSSR count). The zero-order valence-corrected chi connectivity index (χ0v) is 16.2. The molecule has 1 saturated heterocycles. The molecule has 0 aromatic heterocycles. The zero-order valence-electron chi connectivity index (χ0n) is 16.2. The van der Waals surface area contributed by atoms with Crippen LogP contribution >= 0.6 is 0 Å². The smallest absolute Gasteiger partial charge is 0.410 e. The van der Waals surface area contributed by atoms with Crippen molar-refractivity contribution in [2.45, 2.75) is 45.6 Å². The predicted octanol–water partition coefficient (Wildman–Crippen LogP) is 3.60. The summed E-state index contributed by atoms with van der Waals surface area (Å²) in [5.74, 6) is 0.0453. The van der Waals surface area contributed by atoms with Crippen molar-refractivity contribution in [2.24, 2.45) is 5.92 Å². The molecule has 0 aliphatic carbocycles. The van der Waals surface area contributed by atoms with E-state index in [1.165, 1.54) is 0 Å². The van der Waals surface area contributed by atoms with Crippen LogP contribution < -0.4 is 10.6 Å². The van der Waals surface area contributed by atoms with Crippen LogP contribution in [0.4, 0.5) is 16.2 Å². The summed E-state index contributed by atoms with van der Waals surface area (Å²) in [6.07, 6.45) is 1.63. The minimum atomic E-state index is -0.479. The second-order valence-corrected chi connectivity index (χ2v) is 7.78. The zero-order chi connectivity index (χ0) is 19.9. The number of amides is 2. The molecule has 0 saturated carbocycles. The molecule has 27 heavy (non-hydrogen) atoms. The van der Waals surface area contributed by atoms with Crippen LogP contribution in [0.15, 0.2) is 24.3 Å². The Bertz CT molecular complexity index is 689. The number of nitrogens with one attached hydrogen (secondary N) is 2. The number of carbonyl (C=O) groups excluding carboxylic acids is 2. The van der Waals surface area contributed by atoms with E-state index in [1.54, 1.807) is 17.0 Å². The number of nitrogens with zero attached hydrogens (tertiary/aromatic N) is 2. The molecular formula is C20H28N4O3. The van der Waals surface area contributed by atoms with Gasteiger partial charge in [-0.3, -0.25) is 4.79 Å². The Balaban J connectivity index is 1.81. The Hall–Kier alpha value is -2.75. The third kappa shape index (κ3) is 7.18. The summed E-state index contributed by atoms with van der Waals surface area (Å²) in [6.45, 7) is 7.81. The van der Waals surface area contributed by atoms with Gasteiger partial charge in [0.15, 0.2) is 0 Å². The summed E-state index contributed by atoms with van der Waals surface area (Å²) in [5.41, 5.74) is 1.13. The molecule has 0 bridgehead atoms. The van der Waals surface area contributed by atoms with E-state index < -0.39 is 5.60 Å². The molecule has 2 N–H and O–H groups in total. The van der Waals surface area contributed by atoms with Gasteiger partial charge in [-0.15, -0.1) is 0 Å². The number of carbonyl (C=O) groups is 2. The molecule has 0 spiro atoms. The summed E-state index contributed by atoms with van der Waals surface area (Å²) in [7, 11) is 0. The monoisotopic (exact) mass is 372 g/mol. The normalized spacial score (nSPS) is 17.0. The van der Waals surface area contributed by atoms with Gasteiger partial charge in [0.2, 0.25) is 5.91 Å². The maximum atomic E-state index is 12.2. The Morgan fingerprint density at radius 3 is 2.56 bits per heavy atom. The first-order valence-electron chi connectivity index (χ1n) is 9.25. The van der Waals surface area contributed by atoms with Crippen molar-refractivity contribution in [3.05, 3.63) is 24.3 Å². The van der Waals surface area contributed by atoms with Crippen molar-refractivity contribution >= 4 is 23.4 Å². The lowest BCUT2D eigenvalue weighted by molar-refractivity contribution is -0.115. The van der Waals surface area contributed by atoms with Gasteiger partial charge >= 0.3 is 6.09 Å². The van der Waals surface area contributed by atoms with Crippen molar-refractivity contribution in [3.63, 3.8) is 0 Å². The van der Waals surface area contributed by atoms with E-state index in [1.807, 2.05) is 39.0 Å². The van der Waals surface area contributed by atoms with Gasteiger partial charge in [0.25, 0.3) is 0 Å². The van der Waals surface area contributed by atoms with Gasteiger partial charge in [-0.2, -0.15) is 5.26 Å². The number of anilines is 2. The van der Waals surface area contributed by atoms with E-state index >= 15 is 0 Å². The van der Waals surface area contributed by atoms with Crippen molar-refractivity contribution < 1.29 is 14.3 Å². The number of likely N-dealkylation sites (tertiary alicyclic amines) is 1. The average molecular weight is 372 g/mol. The topological polar surface area (TPSA) is 94.5 Å². The summed E-state index contributed by atoms with van der Waals surface area (Å²) in [5, 5.41) is 14.6. The van der Waals surface area contributed by atoms with Gasteiger partial charge in [-0.05, 0) is 63.8 Å². The van der Waals surface area contributed by atoms with Gasteiger partial charge in [-0.1, -0.05) is 0 Å². The highest BCUT2D eigenvalue weighted by atomic mass is 16.6. The van der Waals surface area contributed by atoms with Crippen LogP contribution in [0.25, 0.3) is 0 Å². The van der Waals surface area contributed by atoms with Crippen LogP contribution in [0.1, 0.15) is 40.0 Å². The second-order valence-electron chi connectivity index (χ2n) is 7.78. The van der Waals surface area contributed by atoms with E-state index in [4.69, 9.17) is 10.00 Å². The van der Waals surface area contributed by atoms with E-state index in [9.17, 15) is 9.59 Å². The highest BCUT2D eigenvalue weighted by Gasteiger charge is 2.27. The van der Waals surface area contributed by atoms with Crippen molar-refractivity contribution in [1.82, 2.24) is 4.90 Å². The number of nitriles is 1. The SMILES string of the molecule is CC(C)(C)OC(=O)N1CCCC(CNc2ccc(NC(=O)CC#N)cc2)C1. The van der Waals surface area contributed by atoms with Crippen LogP contribution in [0.2, 0.25) is 0 Å². The van der Waals surface area contributed by atoms with Gasteiger partial charge in [0.05, 0.1) is 6.07 Å². The van der Waals surface area contributed by atoms with Crippen LogP contribution in [0, 0.1) is 17.2 Å². The minimum Gasteiger partial charge on any atom is -0.444 e. The third-order valence-electron chi connectivity index (χ3n) is 4.17. The molecule has 1 aliphatic rings. The van der Waals surface area contributed by atoms with Crippen molar-refractivity contribution in [1.29, 1.82) is 5.26 Å². The standard InChI is InChI=1S/C20H28N4O3/c1-20(2,3)27-19(26)24-12-4-5-15(14-24)13-22-16-6-8-17(9-7-16)23-18(25)10-11-21/h6-9,15,22H,4-5,10,12-14H2,1-3H3,(H,23,25). The predicted molar refractivity (Wildman–Crippen MR) is 104 cm³/mol. The number of hydrogen-bond acceptors (Lipinski definition) is 5. The highest BCUT2D eigenvalue weighted by molar-refractivity contribution is 5.92. The molecule has 1 aromatic rings. The first kappa shape index (κ1) is 20.6. The summed E-state index contributed by atoms with van der Waals surface area (Å²) >= 11 is 0. The lowest BCUT2D eigenvalue weighted by Crippen LogP contribution is -2.44. The number of rotatable bonds is 5. The second kappa shape index (κ2) is 9.26. The quantitative estimate of drug-likeness (QED) is 0.823. The van der Waals surface area contributed by atoms with Gasteiger partial charge < -0.3 is 20.3 Å². The maximum Gasteiger partial charge on any atom is 0.410 e. The number of hydrogen-bond donors (Lipinski definition) is 2. The molecule has 1 heterocycles. The number of ether oxygens (including phenoxy) is 1. The fraction of sp³-hybridized carbons (Fsp3) is 0.550. The largest absolute Gasteiger partial charge is 0.444 e. The summed E-state index contributed by atoms with van der Waals surface area (Å²) in [4.78, 5) is 25.4. The molecule has 7 nitrogen and oxygen atoms in total. The van der Waals surface area contributed by atoms with Crippen LogP contribution in [-0.2, 0) is 9.53 Å². The van der Waals surface area contributed by atoms with E-state index in [2.05, 4.69) is 10.6 Å². The molecule has 2 amide bonds. The molecule has 1 atom stereocenters. The first-order valence-corrected chi connectivity index (χ1v) is 9.25. The fourth-order valence-electron chi connectivity index (χ4n) is 2.93. The van der Waals surface area contributed by atoms with Crippen LogP contribution in [0.3, 0.4) is 0 Å². The van der Waals surface area contributed by atoms with E-state index in [-0.39, 0.29) is 18.4 Å². The van der Waals surface area contributed by atoms with Gasteiger partial charge in [0, 0.05) is 31.0 Å². The molecule has 1 unspecified atom stereocenters. The number of piperidine rings is 1. The first-order chi connectivity index (χ1) is 12.8. The molecule has 1 fully saturated rings. The Kier molecular flexibility index (Phi) is 7.05. The van der Waals surface area contributed by atoms with Crippen LogP contribution in [-0.4, -0.2) is 42.1 Å². The lowest BCUT2D eigenvalue weighted by atomic mass is 9.98. The fourth-order valence-corrected chi connectivity index (χ4v) is 2.93. The lowest BCUT2D eigenvalue weighted by Gasteiger charge is -2.34. The third-order valence-corrected chi connectivity index (χ3v) is 4.17. The van der Waals surface area contributed by atoms with Gasteiger partial charge in [-0.25, -0.2) is 4.79 Å². The summed E-state index contributed by atoms with van der Waals surface area (Å²) < 4.78 is 5.46. The molecule has 1 aromatic carbocycles. The Morgan fingerprint density at radius 2 is 1.93 bits per heavy atom.